The summed E-state index contributed by atoms with van der Waals surface area (Å²) < 4.78 is 16.1. The maximum Gasteiger partial charge on any atom is 0.339 e. The second-order valence-corrected chi connectivity index (χ2v) is 7.33. The highest BCUT2D eigenvalue weighted by molar-refractivity contribution is 6.33. The van der Waals surface area contributed by atoms with E-state index in [1.807, 2.05) is 30.3 Å². The number of esters is 1. The van der Waals surface area contributed by atoms with Crippen LogP contribution in [0.5, 0.6) is 5.75 Å². The number of ether oxygens (including phenoxy) is 3. The zero-order chi connectivity index (χ0) is 20.9. The van der Waals surface area contributed by atoms with Crippen molar-refractivity contribution in [2.75, 3.05) is 13.7 Å². The number of hydrogen-bond acceptors (Lipinski definition) is 6. The Bertz CT molecular complexity index is 1020. The van der Waals surface area contributed by atoms with Crippen LogP contribution in [-0.4, -0.2) is 35.9 Å². The number of carbonyl (C=O) groups excluding carboxylic acids is 1. The Kier molecular flexibility index (Phi) is 6.26. The molecule has 1 atom stereocenters. The molecule has 0 spiro atoms. The van der Waals surface area contributed by atoms with Gasteiger partial charge in [0.05, 0.1) is 36.7 Å². The van der Waals surface area contributed by atoms with Crippen LogP contribution in [0.25, 0.3) is 22.5 Å². The molecular formula is C23H21ClN2O4. The van der Waals surface area contributed by atoms with Crippen LogP contribution in [0.2, 0.25) is 5.02 Å². The van der Waals surface area contributed by atoms with Crippen LogP contribution in [0.15, 0.2) is 54.9 Å². The highest BCUT2D eigenvalue weighted by Crippen LogP contribution is 2.28. The Morgan fingerprint density at radius 2 is 1.73 bits per heavy atom. The SMILES string of the molecule is COC(=O)c1ccc(-c2ccc(-c3ncc(OC4CCCCO4)cn3)cc2)cc1Cl. The summed E-state index contributed by atoms with van der Waals surface area (Å²) in [6, 6.07) is 13.1. The van der Waals surface area contributed by atoms with Gasteiger partial charge in [0.15, 0.2) is 17.9 Å². The van der Waals surface area contributed by atoms with Gasteiger partial charge in [-0.05, 0) is 36.1 Å². The zero-order valence-electron chi connectivity index (χ0n) is 16.5. The maximum atomic E-state index is 11.7. The van der Waals surface area contributed by atoms with Gasteiger partial charge in [-0.2, -0.15) is 0 Å². The first-order valence-electron chi connectivity index (χ1n) is 9.73. The monoisotopic (exact) mass is 424 g/mol. The molecule has 6 nitrogen and oxygen atoms in total. The van der Waals surface area contributed by atoms with E-state index >= 15 is 0 Å². The quantitative estimate of drug-likeness (QED) is 0.527. The minimum atomic E-state index is -0.457. The Hall–Kier alpha value is -2.96. The number of halogens is 1. The Morgan fingerprint density at radius 3 is 2.37 bits per heavy atom. The molecule has 2 aromatic carbocycles. The molecular weight excluding hydrogens is 404 g/mol. The molecule has 0 N–H and O–H groups in total. The fourth-order valence-electron chi connectivity index (χ4n) is 3.26. The highest BCUT2D eigenvalue weighted by Gasteiger charge is 2.16. The number of rotatable bonds is 5. The second-order valence-electron chi connectivity index (χ2n) is 6.92. The molecule has 2 heterocycles. The molecule has 0 saturated carbocycles. The highest BCUT2D eigenvalue weighted by atomic mass is 35.5. The van der Waals surface area contributed by atoms with E-state index in [-0.39, 0.29) is 6.29 Å². The first-order valence-corrected chi connectivity index (χ1v) is 10.1. The normalized spacial score (nSPS) is 16.1. The largest absolute Gasteiger partial charge is 0.465 e. The van der Waals surface area contributed by atoms with Gasteiger partial charge in [0.1, 0.15) is 0 Å². The van der Waals surface area contributed by atoms with Crippen molar-refractivity contribution in [3.63, 3.8) is 0 Å². The number of aromatic nitrogens is 2. The van der Waals surface area contributed by atoms with Gasteiger partial charge >= 0.3 is 5.97 Å². The standard InChI is InChI=1S/C23H21ClN2O4/c1-28-23(27)19-10-9-17(12-20(19)24)15-5-7-16(8-6-15)22-25-13-18(14-26-22)30-21-4-2-3-11-29-21/h5-10,12-14,21H,2-4,11H2,1H3. The van der Waals surface area contributed by atoms with Crippen molar-refractivity contribution in [3.05, 3.63) is 65.4 Å². The van der Waals surface area contributed by atoms with Crippen molar-refractivity contribution in [1.82, 2.24) is 9.97 Å². The molecule has 1 aliphatic heterocycles. The van der Waals surface area contributed by atoms with Crippen LogP contribution in [0.1, 0.15) is 29.6 Å². The van der Waals surface area contributed by atoms with Crippen molar-refractivity contribution in [2.45, 2.75) is 25.6 Å². The van der Waals surface area contributed by atoms with Crippen molar-refractivity contribution >= 4 is 17.6 Å². The summed E-state index contributed by atoms with van der Waals surface area (Å²) in [5.41, 5.74) is 3.09. The number of hydrogen-bond donors (Lipinski definition) is 0. The average molecular weight is 425 g/mol. The van der Waals surface area contributed by atoms with Gasteiger partial charge in [-0.25, -0.2) is 14.8 Å². The summed E-state index contributed by atoms with van der Waals surface area (Å²) >= 11 is 6.22. The molecule has 1 fully saturated rings. The molecule has 0 radical (unpaired) electrons. The van der Waals surface area contributed by atoms with Crippen molar-refractivity contribution < 1.29 is 19.0 Å². The fraction of sp³-hybridized carbons (Fsp3) is 0.261. The van der Waals surface area contributed by atoms with Crippen LogP contribution in [0.3, 0.4) is 0 Å². The van der Waals surface area contributed by atoms with E-state index in [1.54, 1.807) is 24.5 Å². The van der Waals surface area contributed by atoms with Gasteiger partial charge in [-0.15, -0.1) is 0 Å². The zero-order valence-corrected chi connectivity index (χ0v) is 17.3. The van der Waals surface area contributed by atoms with E-state index in [0.29, 0.717) is 22.2 Å². The van der Waals surface area contributed by atoms with Crippen LogP contribution < -0.4 is 4.74 Å². The summed E-state index contributed by atoms with van der Waals surface area (Å²) in [5, 5.41) is 0.351. The first-order chi connectivity index (χ1) is 14.6. The minimum absolute atomic E-state index is 0.218. The molecule has 0 bridgehead atoms. The summed E-state index contributed by atoms with van der Waals surface area (Å²) in [6.07, 6.45) is 6.18. The average Bonchev–Trinajstić information content (AvgIpc) is 2.80. The molecule has 0 amide bonds. The van der Waals surface area contributed by atoms with Gasteiger partial charge in [0.2, 0.25) is 0 Å². The van der Waals surface area contributed by atoms with Gasteiger partial charge in [-0.1, -0.05) is 41.9 Å². The number of nitrogens with zero attached hydrogens (tertiary/aromatic N) is 2. The Morgan fingerprint density at radius 1 is 1.03 bits per heavy atom. The Labute approximate surface area is 179 Å². The van der Waals surface area contributed by atoms with Crippen molar-refractivity contribution in [3.8, 4) is 28.3 Å². The fourth-order valence-corrected chi connectivity index (χ4v) is 3.52. The second kappa shape index (κ2) is 9.24. The lowest BCUT2D eigenvalue weighted by atomic mass is 10.0. The molecule has 154 valence electrons. The third kappa shape index (κ3) is 4.61. The van der Waals surface area contributed by atoms with E-state index in [1.165, 1.54) is 7.11 Å². The molecule has 1 aromatic heterocycles. The number of benzene rings is 2. The smallest absolute Gasteiger partial charge is 0.339 e. The summed E-state index contributed by atoms with van der Waals surface area (Å²) in [4.78, 5) is 20.5. The third-order valence-electron chi connectivity index (χ3n) is 4.88. The molecule has 30 heavy (non-hydrogen) atoms. The molecule has 1 saturated heterocycles. The van der Waals surface area contributed by atoms with Crippen molar-refractivity contribution in [2.24, 2.45) is 0 Å². The Balaban J connectivity index is 1.47. The van der Waals surface area contributed by atoms with Crippen LogP contribution in [0.4, 0.5) is 0 Å². The predicted molar refractivity (Wildman–Crippen MR) is 113 cm³/mol. The molecule has 4 rings (SSSR count). The van der Waals surface area contributed by atoms with Crippen LogP contribution >= 0.6 is 11.6 Å². The van der Waals surface area contributed by atoms with Gasteiger partial charge < -0.3 is 14.2 Å². The summed E-state index contributed by atoms with van der Waals surface area (Å²) in [7, 11) is 1.33. The lowest BCUT2D eigenvalue weighted by molar-refractivity contribution is -0.106. The first kappa shape index (κ1) is 20.3. The predicted octanol–water partition coefficient (Wildman–Crippen LogP) is 5.16. The van der Waals surface area contributed by atoms with Gasteiger partial charge in [0, 0.05) is 12.0 Å². The maximum absolute atomic E-state index is 11.7. The lowest BCUT2D eigenvalue weighted by Crippen LogP contribution is -2.25. The molecule has 7 heteroatoms. The van der Waals surface area contributed by atoms with E-state index in [2.05, 4.69) is 9.97 Å². The van der Waals surface area contributed by atoms with E-state index in [4.69, 9.17) is 25.8 Å². The molecule has 1 aliphatic rings. The van der Waals surface area contributed by atoms with Crippen molar-refractivity contribution in [1.29, 1.82) is 0 Å². The van der Waals surface area contributed by atoms with E-state index in [0.717, 1.165) is 42.6 Å². The lowest BCUT2D eigenvalue weighted by Gasteiger charge is -2.23. The van der Waals surface area contributed by atoms with E-state index in [9.17, 15) is 4.79 Å². The van der Waals surface area contributed by atoms with Crippen LogP contribution in [-0.2, 0) is 9.47 Å². The van der Waals surface area contributed by atoms with Gasteiger partial charge in [0.25, 0.3) is 0 Å². The summed E-state index contributed by atoms with van der Waals surface area (Å²) in [6.45, 7) is 0.729. The molecule has 0 aliphatic carbocycles. The molecule has 3 aromatic rings. The topological polar surface area (TPSA) is 70.5 Å². The minimum Gasteiger partial charge on any atom is -0.465 e. The third-order valence-corrected chi connectivity index (χ3v) is 5.20. The van der Waals surface area contributed by atoms with Crippen LogP contribution in [0, 0.1) is 0 Å². The number of methoxy groups -OCH3 is 1. The van der Waals surface area contributed by atoms with E-state index < -0.39 is 5.97 Å². The van der Waals surface area contributed by atoms with Gasteiger partial charge in [-0.3, -0.25) is 0 Å². The molecule has 1 unspecified atom stereocenters. The summed E-state index contributed by atoms with van der Waals surface area (Å²) in [5.74, 6) is 0.752. The number of carbonyl (C=O) groups is 1.